The first kappa shape index (κ1) is 9.49. The molecule has 1 N–H and O–H groups in total. The number of fused-ring (bicyclic) bond motifs is 1. The predicted octanol–water partition coefficient (Wildman–Crippen LogP) is 2.46. The van der Waals surface area contributed by atoms with Crippen LogP contribution in [0, 0.1) is 5.82 Å². The lowest BCUT2D eigenvalue weighted by atomic mass is 10.2. The molecule has 1 aromatic carbocycles. The monoisotopic (exact) mass is 213 g/mol. The summed E-state index contributed by atoms with van der Waals surface area (Å²) in [6.07, 6.45) is 0. The molecule has 74 valence electrons. The first-order valence-corrected chi connectivity index (χ1v) is 4.56. The minimum atomic E-state index is -0.306. The lowest BCUT2D eigenvalue weighted by molar-refractivity contribution is 0.273. The first-order chi connectivity index (χ1) is 6.65. The van der Waals surface area contributed by atoms with Crippen molar-refractivity contribution in [2.75, 3.05) is 0 Å². The Kier molecular flexibility index (Phi) is 2.21. The summed E-state index contributed by atoms with van der Waals surface area (Å²) in [5.74, 6) is -0.306. The second-order valence-electron chi connectivity index (χ2n) is 3.14. The van der Waals surface area contributed by atoms with Crippen LogP contribution in [0.3, 0.4) is 0 Å². The minimum Gasteiger partial charge on any atom is -0.390 e. The maximum Gasteiger partial charge on any atom is 0.125 e. The van der Waals surface area contributed by atoms with Crippen LogP contribution >= 0.6 is 11.6 Å². The van der Waals surface area contributed by atoms with Gasteiger partial charge in [0.2, 0.25) is 0 Å². The van der Waals surface area contributed by atoms with Crippen molar-refractivity contribution in [3.63, 3.8) is 0 Å². The normalized spacial score (nSPS) is 11.1. The van der Waals surface area contributed by atoms with E-state index in [1.54, 1.807) is 17.7 Å². The zero-order valence-corrected chi connectivity index (χ0v) is 8.35. The maximum absolute atomic E-state index is 12.9. The van der Waals surface area contributed by atoms with Crippen molar-refractivity contribution in [3.05, 3.63) is 34.7 Å². The quantitative estimate of drug-likeness (QED) is 0.774. The maximum atomic E-state index is 12.9. The molecule has 0 saturated heterocycles. The van der Waals surface area contributed by atoms with E-state index < -0.39 is 0 Å². The fourth-order valence-corrected chi connectivity index (χ4v) is 1.94. The summed E-state index contributed by atoms with van der Waals surface area (Å²) in [6.45, 7) is -0.147. The van der Waals surface area contributed by atoms with E-state index in [4.69, 9.17) is 16.7 Å². The number of hydrogen-bond acceptors (Lipinski definition) is 1. The Labute approximate surface area is 85.5 Å². The van der Waals surface area contributed by atoms with Gasteiger partial charge in [0.1, 0.15) is 5.82 Å². The molecule has 0 aliphatic heterocycles. The van der Waals surface area contributed by atoms with E-state index in [0.29, 0.717) is 16.2 Å². The smallest absolute Gasteiger partial charge is 0.125 e. The van der Waals surface area contributed by atoms with Crippen molar-refractivity contribution < 1.29 is 9.50 Å². The SMILES string of the molecule is Cn1c(CO)c(Cl)c2ccc(F)cc21. The molecule has 0 radical (unpaired) electrons. The van der Waals surface area contributed by atoms with Crippen molar-refractivity contribution in [1.29, 1.82) is 0 Å². The molecule has 0 amide bonds. The summed E-state index contributed by atoms with van der Waals surface area (Å²) >= 11 is 6.01. The molecule has 0 fully saturated rings. The van der Waals surface area contributed by atoms with Gasteiger partial charge < -0.3 is 9.67 Å². The van der Waals surface area contributed by atoms with E-state index in [0.717, 1.165) is 5.39 Å². The molecule has 0 atom stereocenters. The highest BCUT2D eigenvalue weighted by molar-refractivity contribution is 6.36. The average Bonchev–Trinajstić information content (AvgIpc) is 2.39. The fraction of sp³-hybridized carbons (Fsp3) is 0.200. The molecule has 1 aromatic heterocycles. The zero-order valence-electron chi connectivity index (χ0n) is 7.59. The van der Waals surface area contributed by atoms with E-state index >= 15 is 0 Å². The highest BCUT2D eigenvalue weighted by Gasteiger charge is 2.12. The summed E-state index contributed by atoms with van der Waals surface area (Å²) < 4.78 is 14.6. The Balaban J connectivity index is 2.87. The molecule has 2 rings (SSSR count). The molecule has 0 bridgehead atoms. The molecule has 0 spiro atoms. The number of nitrogens with zero attached hydrogens (tertiary/aromatic N) is 1. The van der Waals surface area contributed by atoms with Gasteiger partial charge >= 0.3 is 0 Å². The molecular weight excluding hydrogens is 205 g/mol. The van der Waals surface area contributed by atoms with Crippen molar-refractivity contribution in [1.82, 2.24) is 4.57 Å². The number of aromatic nitrogens is 1. The van der Waals surface area contributed by atoms with E-state index in [2.05, 4.69) is 0 Å². The van der Waals surface area contributed by atoms with Crippen molar-refractivity contribution in [2.24, 2.45) is 7.05 Å². The van der Waals surface area contributed by atoms with Crippen LogP contribution in [0.5, 0.6) is 0 Å². The number of hydrogen-bond donors (Lipinski definition) is 1. The number of aryl methyl sites for hydroxylation is 1. The van der Waals surface area contributed by atoms with Crippen LogP contribution in [-0.4, -0.2) is 9.67 Å². The number of rotatable bonds is 1. The number of aliphatic hydroxyl groups is 1. The van der Waals surface area contributed by atoms with Crippen molar-refractivity contribution >= 4 is 22.5 Å². The average molecular weight is 214 g/mol. The third-order valence-electron chi connectivity index (χ3n) is 2.37. The zero-order chi connectivity index (χ0) is 10.3. The summed E-state index contributed by atoms with van der Waals surface area (Å²) in [5, 5.41) is 10.3. The van der Waals surface area contributed by atoms with Gasteiger partial charge in [0.25, 0.3) is 0 Å². The second kappa shape index (κ2) is 3.26. The van der Waals surface area contributed by atoms with Gasteiger partial charge in [-0.05, 0) is 18.2 Å². The highest BCUT2D eigenvalue weighted by Crippen LogP contribution is 2.30. The molecule has 1 heterocycles. The molecule has 0 saturated carbocycles. The number of aliphatic hydroxyl groups excluding tert-OH is 1. The van der Waals surface area contributed by atoms with Crippen LogP contribution in [0.15, 0.2) is 18.2 Å². The topological polar surface area (TPSA) is 25.2 Å². The highest BCUT2D eigenvalue weighted by atomic mass is 35.5. The predicted molar refractivity (Wildman–Crippen MR) is 53.8 cm³/mol. The van der Waals surface area contributed by atoms with Crippen molar-refractivity contribution in [3.8, 4) is 0 Å². The molecule has 0 unspecified atom stereocenters. The third kappa shape index (κ3) is 1.21. The number of halogens is 2. The Bertz CT molecular complexity index is 492. The molecule has 0 aliphatic carbocycles. The summed E-state index contributed by atoms with van der Waals surface area (Å²) in [6, 6.07) is 4.38. The Hall–Kier alpha value is -1.06. The van der Waals surface area contributed by atoms with Crippen LogP contribution in [0.4, 0.5) is 4.39 Å². The molecule has 0 aliphatic rings. The van der Waals surface area contributed by atoms with Gasteiger partial charge in [-0.1, -0.05) is 11.6 Å². The molecule has 4 heteroatoms. The number of benzene rings is 1. The van der Waals surface area contributed by atoms with Crippen LogP contribution in [0.1, 0.15) is 5.69 Å². The summed E-state index contributed by atoms with van der Waals surface area (Å²) in [4.78, 5) is 0. The van der Waals surface area contributed by atoms with E-state index in [1.165, 1.54) is 12.1 Å². The van der Waals surface area contributed by atoms with Crippen LogP contribution in [-0.2, 0) is 13.7 Å². The van der Waals surface area contributed by atoms with Gasteiger partial charge in [0, 0.05) is 12.4 Å². The van der Waals surface area contributed by atoms with Gasteiger partial charge in [-0.15, -0.1) is 0 Å². The Morgan fingerprint density at radius 3 is 2.86 bits per heavy atom. The Morgan fingerprint density at radius 1 is 1.50 bits per heavy atom. The minimum absolute atomic E-state index is 0.147. The van der Waals surface area contributed by atoms with Gasteiger partial charge in [-0.2, -0.15) is 0 Å². The first-order valence-electron chi connectivity index (χ1n) is 4.18. The fourth-order valence-electron chi connectivity index (χ4n) is 1.59. The standard InChI is InChI=1S/C10H9ClFNO/c1-13-8-4-6(12)2-3-7(8)10(11)9(13)5-14/h2-4,14H,5H2,1H3. The van der Waals surface area contributed by atoms with Gasteiger partial charge in [0.15, 0.2) is 0 Å². The van der Waals surface area contributed by atoms with Crippen LogP contribution < -0.4 is 0 Å². The molecule has 14 heavy (non-hydrogen) atoms. The molecular formula is C10H9ClFNO. The van der Waals surface area contributed by atoms with Crippen LogP contribution in [0.2, 0.25) is 5.02 Å². The van der Waals surface area contributed by atoms with Crippen molar-refractivity contribution in [2.45, 2.75) is 6.61 Å². The largest absolute Gasteiger partial charge is 0.390 e. The summed E-state index contributed by atoms with van der Waals surface area (Å²) in [5.41, 5.74) is 1.30. The second-order valence-corrected chi connectivity index (χ2v) is 3.52. The summed E-state index contributed by atoms with van der Waals surface area (Å²) in [7, 11) is 1.75. The van der Waals surface area contributed by atoms with Gasteiger partial charge in [0.05, 0.1) is 22.8 Å². The van der Waals surface area contributed by atoms with E-state index in [9.17, 15) is 4.39 Å². The molecule has 2 aromatic rings. The lowest BCUT2D eigenvalue weighted by Crippen LogP contribution is -1.95. The lowest BCUT2D eigenvalue weighted by Gasteiger charge is -1.99. The van der Waals surface area contributed by atoms with Gasteiger partial charge in [-0.3, -0.25) is 0 Å². The molecule has 2 nitrogen and oxygen atoms in total. The van der Waals surface area contributed by atoms with Crippen LogP contribution in [0.25, 0.3) is 10.9 Å². The van der Waals surface area contributed by atoms with E-state index in [-0.39, 0.29) is 12.4 Å². The van der Waals surface area contributed by atoms with Gasteiger partial charge in [-0.25, -0.2) is 4.39 Å². The van der Waals surface area contributed by atoms with E-state index in [1.807, 2.05) is 0 Å². The Morgan fingerprint density at radius 2 is 2.21 bits per heavy atom. The third-order valence-corrected chi connectivity index (χ3v) is 2.79.